The Kier molecular flexibility index (Phi) is 5.92. The molecule has 1 saturated heterocycles. The number of amides is 1. The highest BCUT2D eigenvalue weighted by atomic mass is 32.2. The summed E-state index contributed by atoms with van der Waals surface area (Å²) in [6, 6.07) is -0.330. The zero-order valence-corrected chi connectivity index (χ0v) is 17.9. The molecule has 2 aromatic heterocycles. The van der Waals surface area contributed by atoms with E-state index in [-0.39, 0.29) is 41.5 Å². The van der Waals surface area contributed by atoms with Crippen LogP contribution < -0.4 is 5.56 Å². The molecule has 0 unspecified atom stereocenters. The summed E-state index contributed by atoms with van der Waals surface area (Å²) in [5, 5.41) is 0. The highest BCUT2D eigenvalue weighted by Gasteiger charge is 2.35. The van der Waals surface area contributed by atoms with Gasteiger partial charge in [0, 0.05) is 12.6 Å². The Balaban J connectivity index is 1.86. The fourth-order valence-electron chi connectivity index (χ4n) is 3.13. The second-order valence-electron chi connectivity index (χ2n) is 7.01. The van der Waals surface area contributed by atoms with Crippen LogP contribution in [0.5, 0.6) is 0 Å². The SMILES string of the molecule is CSc1nc2ncn(CC(=O)N(CC(C)C)[C@@H]3CCS(=O)(=O)C3)c(=O)c2s1. The van der Waals surface area contributed by atoms with E-state index < -0.39 is 9.84 Å². The van der Waals surface area contributed by atoms with E-state index in [9.17, 15) is 18.0 Å². The van der Waals surface area contributed by atoms with Crippen LogP contribution in [-0.4, -0.2) is 64.1 Å². The molecule has 3 rings (SSSR count). The number of sulfone groups is 1. The number of carbonyl (C=O) groups is 1. The van der Waals surface area contributed by atoms with Gasteiger partial charge in [0.15, 0.2) is 19.8 Å². The molecule has 0 radical (unpaired) electrons. The molecular weight excluding hydrogens is 408 g/mol. The van der Waals surface area contributed by atoms with Crippen LogP contribution in [-0.2, 0) is 21.2 Å². The second-order valence-corrected chi connectivity index (χ2v) is 11.3. The number of nitrogens with zero attached hydrogens (tertiary/aromatic N) is 4. The lowest BCUT2D eigenvalue weighted by Crippen LogP contribution is -2.45. The largest absolute Gasteiger partial charge is 0.337 e. The summed E-state index contributed by atoms with van der Waals surface area (Å²) in [4.78, 5) is 35.7. The van der Waals surface area contributed by atoms with Crippen molar-refractivity contribution in [3.63, 3.8) is 0 Å². The summed E-state index contributed by atoms with van der Waals surface area (Å²) in [5.41, 5.74) is 0.0914. The van der Waals surface area contributed by atoms with E-state index in [0.29, 0.717) is 23.3 Å². The number of aromatic nitrogens is 3. The van der Waals surface area contributed by atoms with Gasteiger partial charge in [-0.1, -0.05) is 25.6 Å². The average Bonchev–Trinajstić information content (AvgIpc) is 3.18. The number of hydrogen-bond acceptors (Lipinski definition) is 8. The molecule has 3 heterocycles. The molecule has 1 aliphatic heterocycles. The molecule has 1 fully saturated rings. The summed E-state index contributed by atoms with van der Waals surface area (Å²) in [5.74, 6) is 0.0263. The lowest BCUT2D eigenvalue weighted by atomic mass is 10.1. The number of carbonyl (C=O) groups excluding carboxylic acids is 1. The molecule has 11 heteroatoms. The zero-order valence-electron chi connectivity index (χ0n) is 15.4. The van der Waals surface area contributed by atoms with Crippen LogP contribution in [0.1, 0.15) is 20.3 Å². The van der Waals surface area contributed by atoms with Crippen LogP contribution in [0.4, 0.5) is 0 Å². The van der Waals surface area contributed by atoms with E-state index in [1.54, 1.807) is 4.90 Å². The first-order valence-electron chi connectivity index (χ1n) is 8.60. The van der Waals surface area contributed by atoms with Gasteiger partial charge in [-0.2, -0.15) is 0 Å². The first-order valence-corrected chi connectivity index (χ1v) is 12.5. The molecule has 0 spiro atoms. The minimum atomic E-state index is -3.10. The van der Waals surface area contributed by atoms with Crippen molar-refractivity contribution >= 4 is 49.2 Å². The number of thioether (sulfide) groups is 1. The first-order chi connectivity index (χ1) is 12.7. The van der Waals surface area contributed by atoms with Gasteiger partial charge in [0.1, 0.15) is 17.6 Å². The van der Waals surface area contributed by atoms with Gasteiger partial charge in [0.25, 0.3) is 5.56 Å². The molecule has 0 N–H and O–H groups in total. The van der Waals surface area contributed by atoms with Gasteiger partial charge in [-0.3, -0.25) is 14.2 Å². The molecule has 1 aliphatic rings. The standard InChI is InChI=1S/C16H22N4O4S3/c1-10(2)6-20(11-4-5-27(23,24)8-11)12(21)7-19-9-17-14-13(15(19)22)26-16(18-14)25-3/h9-11H,4-8H2,1-3H3/t11-/m1/s1. The second kappa shape index (κ2) is 7.88. The third-order valence-electron chi connectivity index (χ3n) is 4.38. The van der Waals surface area contributed by atoms with Gasteiger partial charge in [0.2, 0.25) is 5.91 Å². The Bertz CT molecular complexity index is 1010. The lowest BCUT2D eigenvalue weighted by molar-refractivity contribution is -0.134. The van der Waals surface area contributed by atoms with E-state index in [2.05, 4.69) is 9.97 Å². The van der Waals surface area contributed by atoms with Crippen LogP contribution in [0.2, 0.25) is 0 Å². The Morgan fingerprint density at radius 2 is 2.22 bits per heavy atom. The zero-order chi connectivity index (χ0) is 19.8. The predicted molar refractivity (Wildman–Crippen MR) is 107 cm³/mol. The van der Waals surface area contributed by atoms with Crippen LogP contribution in [0.25, 0.3) is 10.3 Å². The van der Waals surface area contributed by atoms with Crippen LogP contribution in [0.3, 0.4) is 0 Å². The summed E-state index contributed by atoms with van der Waals surface area (Å²) >= 11 is 2.70. The average molecular weight is 431 g/mol. The third kappa shape index (κ3) is 4.52. The van der Waals surface area contributed by atoms with Crippen molar-refractivity contribution in [1.82, 2.24) is 19.4 Å². The quantitative estimate of drug-likeness (QED) is 0.636. The van der Waals surface area contributed by atoms with Crippen LogP contribution >= 0.6 is 23.1 Å². The van der Waals surface area contributed by atoms with Crippen molar-refractivity contribution in [2.24, 2.45) is 5.92 Å². The molecule has 0 aromatic carbocycles. The molecule has 0 bridgehead atoms. The maximum atomic E-state index is 12.9. The number of fused-ring (bicyclic) bond motifs is 1. The van der Waals surface area contributed by atoms with Crippen molar-refractivity contribution in [3.8, 4) is 0 Å². The summed E-state index contributed by atoms with van der Waals surface area (Å²) in [6.07, 6.45) is 3.66. The number of thiazole rings is 1. The monoisotopic (exact) mass is 430 g/mol. The lowest BCUT2D eigenvalue weighted by Gasteiger charge is -2.30. The Labute approximate surface area is 165 Å². The van der Waals surface area contributed by atoms with Gasteiger partial charge in [-0.15, -0.1) is 11.3 Å². The molecule has 2 aromatic rings. The van der Waals surface area contributed by atoms with Gasteiger partial charge >= 0.3 is 0 Å². The van der Waals surface area contributed by atoms with E-state index in [1.165, 1.54) is 34.0 Å². The first kappa shape index (κ1) is 20.3. The minimum absolute atomic E-state index is 0.0103. The molecule has 27 heavy (non-hydrogen) atoms. The molecule has 1 atom stereocenters. The summed E-state index contributed by atoms with van der Waals surface area (Å²) in [6.45, 7) is 4.26. The van der Waals surface area contributed by atoms with Crippen LogP contribution in [0.15, 0.2) is 15.5 Å². The highest BCUT2D eigenvalue weighted by Crippen LogP contribution is 2.24. The summed E-state index contributed by atoms with van der Waals surface area (Å²) < 4.78 is 26.1. The molecule has 0 saturated carbocycles. The van der Waals surface area contributed by atoms with E-state index in [1.807, 2.05) is 20.1 Å². The van der Waals surface area contributed by atoms with E-state index in [0.717, 1.165) is 4.34 Å². The number of rotatable bonds is 6. The van der Waals surface area contributed by atoms with Crippen LogP contribution in [0, 0.1) is 5.92 Å². The van der Waals surface area contributed by atoms with Crippen molar-refractivity contribution in [3.05, 3.63) is 16.7 Å². The smallest absolute Gasteiger partial charge is 0.273 e. The normalized spacial score (nSPS) is 19.0. The minimum Gasteiger partial charge on any atom is -0.337 e. The molecule has 148 valence electrons. The van der Waals surface area contributed by atoms with Gasteiger partial charge < -0.3 is 4.90 Å². The summed E-state index contributed by atoms with van der Waals surface area (Å²) in [7, 11) is -3.10. The van der Waals surface area contributed by atoms with Crippen molar-refractivity contribution in [2.75, 3.05) is 24.3 Å². The molecule has 8 nitrogen and oxygen atoms in total. The number of hydrogen-bond donors (Lipinski definition) is 0. The third-order valence-corrected chi connectivity index (χ3v) is 8.14. The fraction of sp³-hybridized carbons (Fsp3) is 0.625. The molecular formula is C16H22N4O4S3. The van der Waals surface area contributed by atoms with E-state index in [4.69, 9.17) is 0 Å². The van der Waals surface area contributed by atoms with E-state index >= 15 is 0 Å². The predicted octanol–water partition coefficient (Wildman–Crippen LogP) is 1.25. The van der Waals surface area contributed by atoms with Gasteiger partial charge in [-0.25, -0.2) is 18.4 Å². The highest BCUT2D eigenvalue weighted by molar-refractivity contribution is 8.00. The Hall–Kier alpha value is -1.46. The van der Waals surface area contributed by atoms with Crippen molar-refractivity contribution in [2.45, 2.75) is 37.2 Å². The topological polar surface area (TPSA) is 102 Å². The van der Waals surface area contributed by atoms with Gasteiger partial charge in [0.05, 0.1) is 11.5 Å². The molecule has 1 amide bonds. The maximum Gasteiger partial charge on any atom is 0.273 e. The Morgan fingerprint density at radius 3 is 2.81 bits per heavy atom. The molecule has 0 aliphatic carbocycles. The van der Waals surface area contributed by atoms with Crippen molar-refractivity contribution in [1.29, 1.82) is 0 Å². The fourth-order valence-corrected chi connectivity index (χ4v) is 6.33. The maximum absolute atomic E-state index is 12.9. The Morgan fingerprint density at radius 1 is 1.48 bits per heavy atom. The van der Waals surface area contributed by atoms with Crippen molar-refractivity contribution < 1.29 is 13.2 Å². The van der Waals surface area contributed by atoms with Gasteiger partial charge in [-0.05, 0) is 18.6 Å².